The molecule has 0 aliphatic heterocycles. The molecule has 6 nitrogen and oxygen atoms in total. The third-order valence-electron chi connectivity index (χ3n) is 0.976. The van der Waals surface area contributed by atoms with Crippen molar-refractivity contribution in [2.75, 3.05) is 6.61 Å². The Hall–Kier alpha value is -0.870. The molecule has 0 amide bonds. The van der Waals surface area contributed by atoms with Gasteiger partial charge in [-0.05, 0) is 6.92 Å². The first-order chi connectivity index (χ1) is 6.51. The maximum absolute atomic E-state index is 11.5. The molecule has 1 N–H and O–H groups in total. The summed E-state index contributed by atoms with van der Waals surface area (Å²) in [6, 6.07) is 0. The lowest BCUT2D eigenvalue weighted by molar-refractivity contribution is -0.190. The van der Waals surface area contributed by atoms with Gasteiger partial charge in [-0.2, -0.15) is 21.6 Å². The Morgan fingerprint density at radius 3 is 2.27 bits per heavy atom. The van der Waals surface area contributed by atoms with Crippen LogP contribution in [-0.2, 0) is 24.1 Å². The number of alkyl halides is 3. The van der Waals surface area contributed by atoms with Gasteiger partial charge in [0.05, 0.1) is 0 Å². The zero-order valence-electron chi connectivity index (χ0n) is 7.32. The van der Waals surface area contributed by atoms with Crippen molar-refractivity contribution in [3.63, 3.8) is 0 Å². The van der Waals surface area contributed by atoms with E-state index in [2.05, 4.69) is 8.92 Å². The highest BCUT2D eigenvalue weighted by atomic mass is 32.3. The van der Waals surface area contributed by atoms with Crippen LogP contribution < -0.4 is 0 Å². The Bertz CT molecular complexity index is 320. The van der Waals surface area contributed by atoms with Gasteiger partial charge in [-0.25, -0.2) is 8.98 Å². The van der Waals surface area contributed by atoms with E-state index in [-0.39, 0.29) is 0 Å². The Morgan fingerprint density at radius 1 is 1.47 bits per heavy atom. The van der Waals surface area contributed by atoms with Crippen LogP contribution >= 0.6 is 0 Å². The van der Waals surface area contributed by atoms with E-state index in [0.717, 1.165) is 6.92 Å². The average Bonchev–Trinajstić information content (AvgIpc) is 1.95. The van der Waals surface area contributed by atoms with Crippen molar-refractivity contribution in [2.24, 2.45) is 0 Å². The van der Waals surface area contributed by atoms with E-state index >= 15 is 0 Å². The molecule has 90 valence electrons. The summed E-state index contributed by atoms with van der Waals surface area (Å²) in [4.78, 5) is 10.6. The Labute approximate surface area is 82.9 Å². The monoisotopic (exact) mass is 252 g/mol. The summed E-state index contributed by atoms with van der Waals surface area (Å²) >= 11 is 0. The molecular weight excluding hydrogens is 245 g/mol. The van der Waals surface area contributed by atoms with E-state index in [0.29, 0.717) is 0 Å². The van der Waals surface area contributed by atoms with Gasteiger partial charge in [0.2, 0.25) is 0 Å². The first-order valence-corrected chi connectivity index (χ1v) is 4.77. The van der Waals surface area contributed by atoms with Crippen LogP contribution in [0.4, 0.5) is 13.2 Å². The van der Waals surface area contributed by atoms with E-state index < -0.39 is 35.3 Å². The van der Waals surface area contributed by atoms with E-state index in [9.17, 15) is 26.4 Å². The number of esters is 1. The fourth-order valence-electron chi connectivity index (χ4n) is 0.492. The van der Waals surface area contributed by atoms with E-state index in [1.54, 1.807) is 0 Å². The molecule has 1 atom stereocenters. The number of ether oxygens (including phenoxy) is 1. The lowest BCUT2D eigenvalue weighted by Gasteiger charge is -2.11. The van der Waals surface area contributed by atoms with Crippen molar-refractivity contribution < 1.29 is 39.9 Å². The minimum atomic E-state index is -4.90. The first kappa shape index (κ1) is 14.1. The molecule has 0 bridgehead atoms. The van der Waals surface area contributed by atoms with Crippen LogP contribution in [0.5, 0.6) is 0 Å². The fourth-order valence-corrected chi connectivity index (χ4v) is 0.935. The molecule has 0 aliphatic carbocycles. The third kappa shape index (κ3) is 8.15. The van der Waals surface area contributed by atoms with Crippen LogP contribution in [0.2, 0.25) is 0 Å². The van der Waals surface area contributed by atoms with Gasteiger partial charge >= 0.3 is 22.5 Å². The molecule has 0 aromatic carbocycles. The van der Waals surface area contributed by atoms with Crippen LogP contribution in [-0.4, -0.2) is 37.8 Å². The van der Waals surface area contributed by atoms with E-state index in [1.807, 2.05) is 0 Å². The molecule has 0 radical (unpaired) electrons. The molecule has 0 aromatic heterocycles. The number of hydrogen-bond acceptors (Lipinski definition) is 5. The number of halogens is 3. The minimum absolute atomic E-state index is 0.812. The van der Waals surface area contributed by atoms with Gasteiger partial charge in [0.15, 0.2) is 12.7 Å². The standard InChI is InChI=1S/C5H7F3O6S/c1-3(14-15(10,11)12)4(9)13-2-5(6,7)8/h3H,2H2,1H3,(H,10,11,12). The van der Waals surface area contributed by atoms with Crippen molar-refractivity contribution in [3.05, 3.63) is 0 Å². The van der Waals surface area contributed by atoms with Gasteiger partial charge in [0.1, 0.15) is 0 Å². The van der Waals surface area contributed by atoms with Crippen LogP contribution in [0.1, 0.15) is 6.92 Å². The molecular formula is C5H7F3O6S. The minimum Gasteiger partial charge on any atom is -0.454 e. The smallest absolute Gasteiger partial charge is 0.422 e. The molecule has 10 heteroatoms. The summed E-state index contributed by atoms with van der Waals surface area (Å²) in [6.07, 6.45) is -6.56. The number of rotatable bonds is 4. The molecule has 0 heterocycles. The lowest BCUT2D eigenvalue weighted by Crippen LogP contribution is -2.29. The van der Waals surface area contributed by atoms with Crippen molar-refractivity contribution in [1.29, 1.82) is 0 Å². The van der Waals surface area contributed by atoms with E-state index in [4.69, 9.17) is 4.55 Å². The van der Waals surface area contributed by atoms with Crippen molar-refractivity contribution >= 4 is 16.4 Å². The molecule has 0 saturated carbocycles. The van der Waals surface area contributed by atoms with Crippen molar-refractivity contribution in [2.45, 2.75) is 19.2 Å². The van der Waals surface area contributed by atoms with Gasteiger partial charge < -0.3 is 4.74 Å². The Morgan fingerprint density at radius 2 is 1.93 bits per heavy atom. The third-order valence-corrected chi connectivity index (χ3v) is 1.51. The van der Waals surface area contributed by atoms with Gasteiger partial charge in [0.25, 0.3) is 0 Å². The topological polar surface area (TPSA) is 89.9 Å². The average molecular weight is 252 g/mol. The van der Waals surface area contributed by atoms with Crippen molar-refractivity contribution in [1.82, 2.24) is 0 Å². The Kier molecular flexibility index (Phi) is 4.49. The highest BCUT2D eigenvalue weighted by molar-refractivity contribution is 7.80. The normalized spacial score (nSPS) is 14.7. The molecule has 0 rings (SSSR count). The number of hydrogen-bond donors (Lipinski definition) is 1. The van der Waals surface area contributed by atoms with Gasteiger partial charge in [0, 0.05) is 0 Å². The highest BCUT2D eigenvalue weighted by Gasteiger charge is 2.31. The zero-order valence-corrected chi connectivity index (χ0v) is 8.13. The Balaban J connectivity index is 4.13. The fraction of sp³-hybridized carbons (Fsp3) is 0.800. The summed E-state index contributed by atoms with van der Waals surface area (Å²) in [5.74, 6) is -1.55. The SMILES string of the molecule is CC(OS(=O)(=O)O)C(=O)OCC(F)(F)F. The second-order valence-corrected chi connectivity index (χ2v) is 3.44. The van der Waals surface area contributed by atoms with Crippen molar-refractivity contribution in [3.8, 4) is 0 Å². The molecule has 1 unspecified atom stereocenters. The quantitative estimate of drug-likeness (QED) is 0.571. The van der Waals surface area contributed by atoms with Crippen LogP contribution in [0.3, 0.4) is 0 Å². The summed E-state index contributed by atoms with van der Waals surface area (Å²) in [5.41, 5.74) is 0. The number of carbonyl (C=O) groups excluding carboxylic acids is 1. The summed E-state index contributed by atoms with van der Waals surface area (Å²) in [5, 5.41) is 0. The predicted octanol–water partition coefficient (Wildman–Crippen LogP) is 0.300. The molecule has 0 saturated heterocycles. The summed E-state index contributed by atoms with van der Waals surface area (Å²) < 4.78 is 70.1. The molecule has 0 aromatic rings. The maximum atomic E-state index is 11.5. The van der Waals surface area contributed by atoms with Gasteiger partial charge in [-0.1, -0.05) is 0 Å². The zero-order chi connectivity index (χ0) is 12.3. The summed E-state index contributed by atoms with van der Waals surface area (Å²) in [7, 11) is -4.90. The lowest BCUT2D eigenvalue weighted by atomic mass is 10.4. The second kappa shape index (κ2) is 4.77. The molecule has 0 aliphatic rings. The largest absolute Gasteiger partial charge is 0.454 e. The maximum Gasteiger partial charge on any atom is 0.422 e. The predicted molar refractivity (Wildman–Crippen MR) is 39.1 cm³/mol. The van der Waals surface area contributed by atoms with Gasteiger partial charge in [-0.15, -0.1) is 0 Å². The van der Waals surface area contributed by atoms with Crippen LogP contribution in [0.15, 0.2) is 0 Å². The summed E-state index contributed by atoms with van der Waals surface area (Å²) in [6.45, 7) is -1.04. The van der Waals surface area contributed by atoms with Gasteiger partial charge in [-0.3, -0.25) is 4.55 Å². The number of carbonyl (C=O) groups is 1. The second-order valence-electron chi connectivity index (χ2n) is 2.39. The molecule has 15 heavy (non-hydrogen) atoms. The molecule has 0 fully saturated rings. The van der Waals surface area contributed by atoms with Crippen LogP contribution in [0, 0.1) is 0 Å². The van der Waals surface area contributed by atoms with Crippen LogP contribution in [0.25, 0.3) is 0 Å². The highest BCUT2D eigenvalue weighted by Crippen LogP contribution is 2.15. The first-order valence-electron chi connectivity index (χ1n) is 3.40. The molecule has 0 spiro atoms. The van der Waals surface area contributed by atoms with E-state index in [1.165, 1.54) is 0 Å².